The van der Waals surface area contributed by atoms with Gasteiger partial charge in [0.2, 0.25) is 0 Å². The topological polar surface area (TPSA) is 112 Å². The number of carbonyl (C=O) groups is 2. The summed E-state index contributed by atoms with van der Waals surface area (Å²) in [5.74, 6) is -1.59. The van der Waals surface area contributed by atoms with Crippen LogP contribution in [0.5, 0.6) is 5.75 Å². The van der Waals surface area contributed by atoms with Gasteiger partial charge in [0.1, 0.15) is 5.75 Å². The highest BCUT2D eigenvalue weighted by molar-refractivity contribution is 5.95. The van der Waals surface area contributed by atoms with E-state index >= 15 is 0 Å². The second kappa shape index (κ2) is 10.0. The standard InChI is InChI=1S/C24H21N3O4/c1-31-24(30)21(12-20-11-16(13-25)4-9-22(20)28)15-27-23(29)18-7-5-17(6-8-18)19-3-2-10-26-14-19/h2-11,14,21,28H,12,15H2,1H3,(H,27,29). The van der Waals surface area contributed by atoms with Gasteiger partial charge in [0, 0.05) is 24.5 Å². The molecule has 1 heterocycles. The van der Waals surface area contributed by atoms with Crippen LogP contribution in [-0.2, 0) is 16.0 Å². The molecule has 0 fully saturated rings. The van der Waals surface area contributed by atoms with E-state index < -0.39 is 11.9 Å². The van der Waals surface area contributed by atoms with Crippen LogP contribution in [0, 0.1) is 17.2 Å². The van der Waals surface area contributed by atoms with Gasteiger partial charge in [-0.1, -0.05) is 18.2 Å². The number of phenols is 1. The predicted octanol–water partition coefficient (Wildman–Crippen LogP) is 3.09. The monoisotopic (exact) mass is 415 g/mol. The third kappa shape index (κ3) is 5.46. The van der Waals surface area contributed by atoms with Crippen LogP contribution >= 0.6 is 0 Å². The average molecular weight is 415 g/mol. The van der Waals surface area contributed by atoms with Crippen LogP contribution in [0.25, 0.3) is 11.1 Å². The first kappa shape index (κ1) is 21.5. The summed E-state index contributed by atoms with van der Waals surface area (Å²) in [7, 11) is 1.26. The third-order valence-electron chi connectivity index (χ3n) is 4.86. The molecular formula is C24H21N3O4. The minimum atomic E-state index is -0.719. The fourth-order valence-corrected chi connectivity index (χ4v) is 3.16. The Kier molecular flexibility index (Phi) is 6.97. The molecule has 3 rings (SSSR count). The maximum absolute atomic E-state index is 12.6. The van der Waals surface area contributed by atoms with Gasteiger partial charge in [0.05, 0.1) is 24.7 Å². The van der Waals surface area contributed by atoms with Crippen molar-refractivity contribution in [1.82, 2.24) is 10.3 Å². The number of aromatic nitrogens is 1. The maximum atomic E-state index is 12.6. The molecule has 0 bridgehead atoms. The first-order valence-corrected chi connectivity index (χ1v) is 9.60. The molecule has 1 amide bonds. The molecule has 7 nitrogen and oxygen atoms in total. The normalized spacial score (nSPS) is 11.2. The fourth-order valence-electron chi connectivity index (χ4n) is 3.16. The lowest BCUT2D eigenvalue weighted by Crippen LogP contribution is -2.34. The number of benzene rings is 2. The molecule has 156 valence electrons. The molecule has 7 heteroatoms. The summed E-state index contributed by atoms with van der Waals surface area (Å²) < 4.78 is 4.84. The molecule has 1 atom stereocenters. The molecule has 0 aliphatic rings. The van der Waals surface area contributed by atoms with Crippen LogP contribution in [0.15, 0.2) is 67.0 Å². The molecule has 1 aromatic heterocycles. The molecule has 0 aliphatic heterocycles. The molecule has 0 saturated carbocycles. The number of nitriles is 1. The van der Waals surface area contributed by atoms with Gasteiger partial charge >= 0.3 is 5.97 Å². The maximum Gasteiger partial charge on any atom is 0.310 e. The SMILES string of the molecule is COC(=O)C(CNC(=O)c1ccc(-c2cccnc2)cc1)Cc1cc(C#N)ccc1O. The Morgan fingerprint density at radius 1 is 1.16 bits per heavy atom. The average Bonchev–Trinajstić information content (AvgIpc) is 2.82. The highest BCUT2D eigenvalue weighted by atomic mass is 16.5. The number of carbonyl (C=O) groups excluding carboxylic acids is 2. The lowest BCUT2D eigenvalue weighted by molar-refractivity contribution is -0.145. The van der Waals surface area contributed by atoms with E-state index in [0.29, 0.717) is 16.7 Å². The Balaban J connectivity index is 1.68. The van der Waals surface area contributed by atoms with Crippen molar-refractivity contribution in [1.29, 1.82) is 5.26 Å². The quantitative estimate of drug-likeness (QED) is 0.574. The fraction of sp³-hybridized carbons (Fsp3) is 0.167. The molecule has 0 radical (unpaired) electrons. The number of esters is 1. The molecule has 0 saturated heterocycles. The van der Waals surface area contributed by atoms with Crippen molar-refractivity contribution in [2.24, 2.45) is 5.92 Å². The minimum Gasteiger partial charge on any atom is -0.508 e. The number of amides is 1. The van der Waals surface area contributed by atoms with Crippen LogP contribution in [0.1, 0.15) is 21.5 Å². The molecule has 0 spiro atoms. The smallest absolute Gasteiger partial charge is 0.310 e. The van der Waals surface area contributed by atoms with Crippen molar-refractivity contribution in [2.75, 3.05) is 13.7 Å². The predicted molar refractivity (Wildman–Crippen MR) is 114 cm³/mol. The van der Waals surface area contributed by atoms with E-state index in [2.05, 4.69) is 10.3 Å². The van der Waals surface area contributed by atoms with Gasteiger partial charge < -0.3 is 15.2 Å². The van der Waals surface area contributed by atoms with Crippen molar-refractivity contribution < 1.29 is 19.4 Å². The van der Waals surface area contributed by atoms with E-state index in [0.717, 1.165) is 11.1 Å². The zero-order chi connectivity index (χ0) is 22.2. The number of nitrogens with one attached hydrogen (secondary N) is 1. The highest BCUT2D eigenvalue weighted by Gasteiger charge is 2.22. The number of nitrogens with zero attached hydrogens (tertiary/aromatic N) is 2. The minimum absolute atomic E-state index is 0.0199. The Bertz CT molecular complexity index is 1110. The van der Waals surface area contributed by atoms with E-state index in [-0.39, 0.29) is 24.6 Å². The number of pyridine rings is 1. The van der Waals surface area contributed by atoms with E-state index in [1.807, 2.05) is 30.3 Å². The molecule has 2 N–H and O–H groups in total. The largest absolute Gasteiger partial charge is 0.508 e. The Morgan fingerprint density at radius 2 is 1.94 bits per heavy atom. The van der Waals surface area contributed by atoms with Gasteiger partial charge in [0.15, 0.2) is 0 Å². The summed E-state index contributed by atoms with van der Waals surface area (Å²) in [5, 5.41) is 21.9. The Morgan fingerprint density at radius 3 is 2.58 bits per heavy atom. The van der Waals surface area contributed by atoms with Gasteiger partial charge in [0.25, 0.3) is 5.91 Å². The van der Waals surface area contributed by atoms with Crippen LogP contribution in [0.3, 0.4) is 0 Å². The van der Waals surface area contributed by atoms with Crippen LogP contribution in [-0.4, -0.2) is 35.6 Å². The number of hydrogen-bond acceptors (Lipinski definition) is 6. The van der Waals surface area contributed by atoms with E-state index in [1.165, 1.54) is 25.3 Å². The van der Waals surface area contributed by atoms with Crippen LogP contribution in [0.2, 0.25) is 0 Å². The second-order valence-electron chi connectivity index (χ2n) is 6.91. The van der Waals surface area contributed by atoms with Gasteiger partial charge in [-0.25, -0.2) is 0 Å². The van der Waals surface area contributed by atoms with E-state index in [4.69, 9.17) is 10.00 Å². The lowest BCUT2D eigenvalue weighted by Gasteiger charge is -2.16. The molecule has 1 unspecified atom stereocenters. The van der Waals surface area contributed by atoms with Gasteiger partial charge in [-0.15, -0.1) is 0 Å². The number of hydrogen-bond donors (Lipinski definition) is 2. The highest BCUT2D eigenvalue weighted by Crippen LogP contribution is 2.22. The molecule has 0 aliphatic carbocycles. The van der Waals surface area contributed by atoms with Crippen molar-refractivity contribution in [3.05, 3.63) is 83.7 Å². The summed E-state index contributed by atoms with van der Waals surface area (Å²) in [6, 6.07) is 17.2. The Hall–Kier alpha value is -4.18. The molecule has 3 aromatic rings. The molecule has 2 aromatic carbocycles. The molecule has 31 heavy (non-hydrogen) atoms. The van der Waals surface area contributed by atoms with E-state index in [9.17, 15) is 14.7 Å². The summed E-state index contributed by atoms with van der Waals surface area (Å²) >= 11 is 0. The van der Waals surface area contributed by atoms with Gasteiger partial charge in [-0.05, 0) is 59.5 Å². The van der Waals surface area contributed by atoms with E-state index in [1.54, 1.807) is 24.5 Å². The third-order valence-corrected chi connectivity index (χ3v) is 4.86. The number of rotatable bonds is 7. The van der Waals surface area contributed by atoms with Gasteiger partial charge in [-0.3, -0.25) is 14.6 Å². The first-order chi connectivity index (χ1) is 15.0. The number of phenolic OH excluding ortho intramolecular Hbond substituents is 1. The van der Waals surface area contributed by atoms with Crippen molar-refractivity contribution >= 4 is 11.9 Å². The zero-order valence-electron chi connectivity index (χ0n) is 16.9. The summed E-state index contributed by atoms with van der Waals surface area (Å²) in [4.78, 5) is 28.9. The van der Waals surface area contributed by atoms with Crippen LogP contribution in [0.4, 0.5) is 0 Å². The van der Waals surface area contributed by atoms with Crippen molar-refractivity contribution in [3.63, 3.8) is 0 Å². The molecular weight excluding hydrogens is 394 g/mol. The van der Waals surface area contributed by atoms with Crippen molar-refractivity contribution in [3.8, 4) is 22.9 Å². The van der Waals surface area contributed by atoms with Crippen molar-refractivity contribution in [2.45, 2.75) is 6.42 Å². The summed E-state index contributed by atoms with van der Waals surface area (Å²) in [6.45, 7) is 0.0199. The zero-order valence-corrected chi connectivity index (χ0v) is 16.9. The Labute approximate surface area is 179 Å². The second-order valence-corrected chi connectivity index (χ2v) is 6.91. The summed E-state index contributed by atoms with van der Waals surface area (Å²) in [6.07, 6.45) is 3.56. The lowest BCUT2D eigenvalue weighted by atomic mass is 9.97. The number of methoxy groups -OCH3 is 1. The van der Waals surface area contributed by atoms with Gasteiger partial charge in [-0.2, -0.15) is 5.26 Å². The number of ether oxygens (including phenoxy) is 1. The summed E-state index contributed by atoms with van der Waals surface area (Å²) in [5.41, 5.74) is 3.13. The first-order valence-electron chi connectivity index (χ1n) is 9.60. The number of aromatic hydroxyl groups is 1. The van der Waals surface area contributed by atoms with Crippen LogP contribution < -0.4 is 5.32 Å².